The molecule has 17 heavy (non-hydrogen) atoms. The summed E-state index contributed by atoms with van der Waals surface area (Å²) in [6.45, 7) is 4.76. The number of hydrazine groups is 1. The van der Waals surface area contributed by atoms with Crippen LogP contribution in [0, 0.1) is 5.92 Å². The highest BCUT2D eigenvalue weighted by molar-refractivity contribution is 5.35. The van der Waals surface area contributed by atoms with Crippen LogP contribution < -0.4 is 11.3 Å². The molecule has 1 aliphatic carbocycles. The molecule has 0 radical (unpaired) electrons. The number of hydrogen-bond donors (Lipinski definition) is 2. The van der Waals surface area contributed by atoms with Gasteiger partial charge in [0.1, 0.15) is 11.9 Å². The van der Waals surface area contributed by atoms with Gasteiger partial charge in [0.15, 0.2) is 5.82 Å². The fourth-order valence-corrected chi connectivity index (χ4v) is 1.90. The number of anilines is 1. The molecule has 1 aliphatic rings. The predicted molar refractivity (Wildman–Crippen MR) is 66.3 cm³/mol. The molecule has 1 atom stereocenters. The second kappa shape index (κ2) is 5.42. The zero-order valence-electron chi connectivity index (χ0n) is 10.4. The van der Waals surface area contributed by atoms with Gasteiger partial charge >= 0.3 is 0 Å². The van der Waals surface area contributed by atoms with Gasteiger partial charge in [-0.15, -0.1) is 0 Å². The second-order valence-electron chi connectivity index (χ2n) is 4.31. The molecule has 1 aromatic heterocycles. The van der Waals surface area contributed by atoms with Crippen LogP contribution in [-0.4, -0.2) is 16.6 Å². The van der Waals surface area contributed by atoms with Gasteiger partial charge in [0.2, 0.25) is 0 Å². The van der Waals surface area contributed by atoms with Gasteiger partial charge in [0.25, 0.3) is 0 Å². The third kappa shape index (κ3) is 2.92. The van der Waals surface area contributed by atoms with Crippen molar-refractivity contribution in [2.24, 2.45) is 11.8 Å². The highest BCUT2D eigenvalue weighted by Gasteiger charge is 2.35. The molecule has 3 N–H and O–H groups in total. The van der Waals surface area contributed by atoms with Gasteiger partial charge in [-0.05, 0) is 32.1 Å². The van der Waals surface area contributed by atoms with Crippen molar-refractivity contribution in [3.05, 3.63) is 17.6 Å². The molecular formula is C12H20N4O. The number of ether oxygens (including phenoxy) is 1. The lowest BCUT2D eigenvalue weighted by molar-refractivity contribution is 0.0400. The van der Waals surface area contributed by atoms with Crippen LogP contribution in [0.4, 0.5) is 5.82 Å². The zero-order chi connectivity index (χ0) is 12.3. The summed E-state index contributed by atoms with van der Waals surface area (Å²) in [5.41, 5.74) is 3.59. The standard InChI is InChI=1S/C12H20N4O/c1-3-9-7-10(16-13)15-12(14-9)11(17-4-2)8-5-6-8/h7-8,11H,3-6,13H2,1-2H3,(H,14,15,16). The summed E-state index contributed by atoms with van der Waals surface area (Å²) in [5.74, 6) is 7.43. The number of rotatable bonds is 6. The molecule has 1 saturated carbocycles. The molecule has 1 fully saturated rings. The minimum Gasteiger partial charge on any atom is -0.370 e. The first-order valence-corrected chi connectivity index (χ1v) is 6.24. The predicted octanol–water partition coefficient (Wildman–Crippen LogP) is 1.81. The molecule has 0 bridgehead atoms. The summed E-state index contributed by atoms with van der Waals surface area (Å²) in [4.78, 5) is 8.96. The van der Waals surface area contributed by atoms with Gasteiger partial charge in [0, 0.05) is 18.4 Å². The Balaban J connectivity index is 2.27. The molecule has 5 nitrogen and oxygen atoms in total. The van der Waals surface area contributed by atoms with E-state index in [4.69, 9.17) is 10.6 Å². The Labute approximate surface area is 102 Å². The number of nitrogens with two attached hydrogens (primary N) is 1. The molecule has 0 amide bonds. The van der Waals surface area contributed by atoms with Crippen molar-refractivity contribution in [3.8, 4) is 0 Å². The maximum Gasteiger partial charge on any atom is 0.160 e. The SMILES string of the molecule is CCOC(c1nc(CC)cc(NN)n1)C1CC1. The zero-order valence-corrected chi connectivity index (χ0v) is 10.4. The quantitative estimate of drug-likeness (QED) is 0.582. The van der Waals surface area contributed by atoms with Crippen molar-refractivity contribution in [2.75, 3.05) is 12.0 Å². The third-order valence-corrected chi connectivity index (χ3v) is 2.96. The molecule has 5 heteroatoms. The van der Waals surface area contributed by atoms with E-state index >= 15 is 0 Å². The monoisotopic (exact) mass is 236 g/mol. The van der Waals surface area contributed by atoms with Crippen molar-refractivity contribution in [1.29, 1.82) is 0 Å². The topological polar surface area (TPSA) is 73.1 Å². The van der Waals surface area contributed by atoms with E-state index in [1.54, 1.807) is 0 Å². The summed E-state index contributed by atoms with van der Waals surface area (Å²) in [7, 11) is 0. The summed E-state index contributed by atoms with van der Waals surface area (Å²) in [5, 5.41) is 0. The molecule has 2 rings (SSSR count). The van der Waals surface area contributed by atoms with Gasteiger partial charge < -0.3 is 10.2 Å². The molecule has 1 heterocycles. The van der Waals surface area contributed by atoms with E-state index in [1.165, 1.54) is 12.8 Å². The van der Waals surface area contributed by atoms with Gasteiger partial charge in [-0.25, -0.2) is 15.8 Å². The minimum atomic E-state index is 0.0265. The minimum absolute atomic E-state index is 0.0265. The summed E-state index contributed by atoms with van der Waals surface area (Å²) in [6, 6.07) is 1.87. The number of hydrogen-bond acceptors (Lipinski definition) is 5. The van der Waals surface area contributed by atoms with Crippen LogP contribution in [0.15, 0.2) is 6.07 Å². The number of aromatic nitrogens is 2. The van der Waals surface area contributed by atoms with E-state index in [-0.39, 0.29) is 6.10 Å². The fraction of sp³-hybridized carbons (Fsp3) is 0.667. The Morgan fingerprint density at radius 1 is 1.47 bits per heavy atom. The highest BCUT2D eigenvalue weighted by atomic mass is 16.5. The van der Waals surface area contributed by atoms with Crippen molar-refractivity contribution < 1.29 is 4.74 Å². The Hall–Kier alpha value is -1.20. The Kier molecular flexibility index (Phi) is 3.91. The van der Waals surface area contributed by atoms with Crippen molar-refractivity contribution in [2.45, 2.75) is 39.2 Å². The number of aryl methyl sites for hydroxylation is 1. The fourth-order valence-electron chi connectivity index (χ4n) is 1.90. The first-order valence-electron chi connectivity index (χ1n) is 6.24. The van der Waals surface area contributed by atoms with Crippen LogP contribution in [0.1, 0.15) is 44.3 Å². The normalized spacial score (nSPS) is 16.9. The van der Waals surface area contributed by atoms with Crippen molar-refractivity contribution >= 4 is 5.82 Å². The van der Waals surface area contributed by atoms with Crippen molar-refractivity contribution in [1.82, 2.24) is 9.97 Å². The molecular weight excluding hydrogens is 216 g/mol. The molecule has 0 aromatic carbocycles. The van der Waals surface area contributed by atoms with E-state index < -0.39 is 0 Å². The average Bonchev–Trinajstić information content (AvgIpc) is 3.19. The van der Waals surface area contributed by atoms with Crippen LogP contribution >= 0.6 is 0 Å². The van der Waals surface area contributed by atoms with Crippen LogP contribution in [0.3, 0.4) is 0 Å². The molecule has 0 aliphatic heterocycles. The summed E-state index contributed by atoms with van der Waals surface area (Å²) >= 11 is 0. The lowest BCUT2D eigenvalue weighted by atomic mass is 10.2. The molecule has 0 spiro atoms. The molecule has 0 saturated heterocycles. The Morgan fingerprint density at radius 2 is 2.24 bits per heavy atom. The van der Waals surface area contributed by atoms with Crippen LogP contribution in [0.2, 0.25) is 0 Å². The van der Waals surface area contributed by atoms with Crippen molar-refractivity contribution in [3.63, 3.8) is 0 Å². The first kappa shape index (κ1) is 12.3. The van der Waals surface area contributed by atoms with Crippen LogP contribution in [0.5, 0.6) is 0 Å². The highest BCUT2D eigenvalue weighted by Crippen LogP contribution is 2.42. The molecule has 94 valence electrons. The molecule has 1 unspecified atom stereocenters. The van der Waals surface area contributed by atoms with E-state index in [2.05, 4.69) is 22.3 Å². The maximum absolute atomic E-state index is 5.76. The number of nitrogens with one attached hydrogen (secondary N) is 1. The van der Waals surface area contributed by atoms with E-state index in [9.17, 15) is 0 Å². The summed E-state index contributed by atoms with van der Waals surface area (Å²) < 4.78 is 5.76. The van der Waals surface area contributed by atoms with E-state index in [0.29, 0.717) is 18.3 Å². The molecule has 1 aromatic rings. The first-order chi connectivity index (χ1) is 8.28. The van der Waals surface area contributed by atoms with Gasteiger partial charge in [-0.1, -0.05) is 6.92 Å². The average molecular weight is 236 g/mol. The number of nitrogen functional groups attached to an aromatic ring is 1. The lowest BCUT2D eigenvalue weighted by Gasteiger charge is -2.16. The second-order valence-corrected chi connectivity index (χ2v) is 4.31. The van der Waals surface area contributed by atoms with Crippen LogP contribution in [0.25, 0.3) is 0 Å². The van der Waals surface area contributed by atoms with E-state index in [0.717, 1.165) is 17.9 Å². The van der Waals surface area contributed by atoms with E-state index in [1.807, 2.05) is 13.0 Å². The van der Waals surface area contributed by atoms with Crippen LogP contribution in [-0.2, 0) is 11.2 Å². The lowest BCUT2D eigenvalue weighted by Crippen LogP contribution is -2.16. The number of nitrogens with zero attached hydrogens (tertiary/aromatic N) is 2. The smallest absolute Gasteiger partial charge is 0.160 e. The maximum atomic E-state index is 5.76. The van der Waals surface area contributed by atoms with Gasteiger partial charge in [-0.3, -0.25) is 0 Å². The summed E-state index contributed by atoms with van der Waals surface area (Å²) in [6.07, 6.45) is 3.30. The third-order valence-electron chi connectivity index (χ3n) is 2.96. The van der Waals surface area contributed by atoms with Gasteiger partial charge in [-0.2, -0.15) is 0 Å². The Morgan fingerprint density at radius 3 is 2.76 bits per heavy atom. The largest absolute Gasteiger partial charge is 0.370 e. The van der Waals surface area contributed by atoms with Gasteiger partial charge in [0.05, 0.1) is 0 Å². The Bertz CT molecular complexity index is 357.